The number of rotatable bonds is 5. The Balaban J connectivity index is 1.12. The summed E-state index contributed by atoms with van der Waals surface area (Å²) in [5.41, 5.74) is 3.64. The summed E-state index contributed by atoms with van der Waals surface area (Å²) in [6.07, 6.45) is 7.15. The highest BCUT2D eigenvalue weighted by Gasteiger charge is 2.39. The number of β-amino-alcohol motifs (C(OH)–C–C–N with tert-alkyl or cyclic N) is 1. The molecule has 1 N–H and O–H groups in total. The quantitative estimate of drug-likeness (QED) is 0.685. The van der Waals surface area contributed by atoms with Crippen molar-refractivity contribution in [1.29, 1.82) is 0 Å². The number of likely N-dealkylation sites (tertiary alicyclic amines) is 2. The van der Waals surface area contributed by atoms with Crippen LogP contribution in [0.5, 0.6) is 0 Å². The van der Waals surface area contributed by atoms with Crippen molar-refractivity contribution < 1.29 is 14.6 Å². The number of aliphatic hydroxyl groups excluding tert-OH is 1. The zero-order valence-corrected chi connectivity index (χ0v) is 18.4. The summed E-state index contributed by atoms with van der Waals surface area (Å²) in [7, 11) is 0. The van der Waals surface area contributed by atoms with E-state index in [1.165, 1.54) is 11.0 Å². The normalized spacial score (nSPS) is 22.4. The number of pyridine rings is 1. The number of esters is 1. The first kappa shape index (κ1) is 21.0. The fraction of sp³-hybridized carbons (Fsp3) is 0.591. The molecule has 0 amide bonds. The average molecular weight is 440 g/mol. The molecule has 0 radical (unpaired) electrons. The Morgan fingerprint density at radius 1 is 1.16 bits per heavy atom. The monoisotopic (exact) mass is 439 g/mol. The van der Waals surface area contributed by atoms with Crippen LogP contribution in [0, 0.1) is 5.41 Å². The van der Waals surface area contributed by atoms with Crippen molar-refractivity contribution >= 4 is 5.97 Å². The van der Waals surface area contributed by atoms with Gasteiger partial charge in [-0.15, -0.1) is 5.10 Å². The van der Waals surface area contributed by atoms with Gasteiger partial charge in [-0.25, -0.2) is 4.79 Å². The number of tetrazole rings is 1. The first-order chi connectivity index (χ1) is 15.5. The van der Waals surface area contributed by atoms with Crippen molar-refractivity contribution in [3.63, 3.8) is 0 Å². The van der Waals surface area contributed by atoms with E-state index in [0.29, 0.717) is 24.3 Å². The molecule has 3 aliphatic rings. The van der Waals surface area contributed by atoms with Gasteiger partial charge < -0.3 is 19.6 Å². The van der Waals surface area contributed by atoms with Gasteiger partial charge in [-0.05, 0) is 73.7 Å². The van der Waals surface area contributed by atoms with Crippen LogP contribution in [-0.2, 0) is 9.53 Å². The minimum absolute atomic E-state index is 0.174. The number of aliphatic hydroxyl groups is 1. The summed E-state index contributed by atoms with van der Waals surface area (Å²) < 4.78 is 6.72. The maximum absolute atomic E-state index is 11.7. The lowest BCUT2D eigenvalue weighted by Crippen LogP contribution is -2.47. The highest BCUT2D eigenvalue weighted by molar-refractivity contribution is 5.90. The minimum Gasteiger partial charge on any atom is -0.456 e. The molecule has 170 valence electrons. The van der Waals surface area contributed by atoms with Crippen LogP contribution < -0.4 is 0 Å². The number of nitrogens with zero attached hydrogens (tertiary/aromatic N) is 7. The molecule has 0 saturated carbocycles. The smallest absolute Gasteiger partial charge is 0.335 e. The highest BCUT2D eigenvalue weighted by atomic mass is 16.5. The van der Waals surface area contributed by atoms with Crippen LogP contribution in [0.25, 0.3) is 5.69 Å². The maximum atomic E-state index is 11.7. The molecule has 0 unspecified atom stereocenters. The molecule has 0 aromatic carbocycles. The molecule has 5 heterocycles. The second-order valence-corrected chi connectivity index (χ2v) is 9.15. The second kappa shape index (κ2) is 8.59. The largest absolute Gasteiger partial charge is 0.456 e. The summed E-state index contributed by atoms with van der Waals surface area (Å²) in [6.45, 7) is 6.84. The molecule has 2 fully saturated rings. The third-order valence-electron chi connectivity index (χ3n) is 7.36. The lowest BCUT2D eigenvalue weighted by Gasteiger charge is -2.47. The van der Waals surface area contributed by atoms with Gasteiger partial charge in [-0.3, -0.25) is 4.98 Å². The van der Waals surface area contributed by atoms with E-state index < -0.39 is 6.10 Å². The Morgan fingerprint density at radius 3 is 2.50 bits per heavy atom. The number of piperidine rings is 2. The molecule has 2 aromatic rings. The minimum atomic E-state index is -0.622. The predicted molar refractivity (Wildman–Crippen MR) is 114 cm³/mol. The molecular formula is C22H29N7O3. The molecular weight excluding hydrogens is 410 g/mol. The van der Waals surface area contributed by atoms with Crippen molar-refractivity contribution in [3.8, 4) is 5.69 Å². The van der Waals surface area contributed by atoms with E-state index in [0.717, 1.165) is 68.8 Å². The molecule has 0 aliphatic carbocycles. The Kier molecular flexibility index (Phi) is 5.64. The number of carbonyl (C=O) groups is 1. The molecule has 5 rings (SSSR count). The van der Waals surface area contributed by atoms with E-state index in [9.17, 15) is 9.90 Å². The Hall–Kier alpha value is -2.85. The average Bonchev–Trinajstić information content (AvgIpc) is 3.47. The first-order valence-corrected chi connectivity index (χ1v) is 11.2. The predicted octanol–water partition coefficient (Wildman–Crippen LogP) is 1.10. The van der Waals surface area contributed by atoms with Crippen molar-refractivity contribution in [1.82, 2.24) is 35.0 Å². The molecule has 0 bridgehead atoms. The van der Waals surface area contributed by atoms with Crippen LogP contribution >= 0.6 is 0 Å². The summed E-state index contributed by atoms with van der Waals surface area (Å²) in [4.78, 5) is 20.8. The van der Waals surface area contributed by atoms with E-state index in [4.69, 9.17) is 4.74 Å². The fourth-order valence-electron chi connectivity index (χ4n) is 5.11. The van der Waals surface area contributed by atoms with Crippen molar-refractivity contribution in [2.45, 2.75) is 38.7 Å². The lowest BCUT2D eigenvalue weighted by molar-refractivity contribution is -0.136. The van der Waals surface area contributed by atoms with Crippen LogP contribution in [0.15, 0.2) is 35.9 Å². The Morgan fingerprint density at radius 2 is 1.91 bits per heavy atom. The molecule has 2 aromatic heterocycles. The summed E-state index contributed by atoms with van der Waals surface area (Å²) in [6, 6.07) is 3.69. The van der Waals surface area contributed by atoms with Crippen LogP contribution in [0.2, 0.25) is 0 Å². The zero-order valence-electron chi connectivity index (χ0n) is 18.4. The molecule has 3 aliphatic heterocycles. The van der Waals surface area contributed by atoms with Gasteiger partial charge in [-0.1, -0.05) is 0 Å². The maximum Gasteiger partial charge on any atom is 0.335 e. The molecule has 1 spiro atoms. The van der Waals surface area contributed by atoms with E-state index >= 15 is 0 Å². The fourth-order valence-corrected chi connectivity index (χ4v) is 5.11. The van der Waals surface area contributed by atoms with Crippen molar-refractivity contribution in [2.24, 2.45) is 5.41 Å². The number of hydrogen-bond acceptors (Lipinski definition) is 9. The second-order valence-electron chi connectivity index (χ2n) is 9.15. The third-order valence-corrected chi connectivity index (χ3v) is 7.36. The number of carbonyl (C=O) groups excluding carboxylic acids is 1. The van der Waals surface area contributed by atoms with Crippen molar-refractivity contribution in [3.05, 3.63) is 41.6 Å². The van der Waals surface area contributed by atoms with Crippen LogP contribution in [-0.4, -0.2) is 85.4 Å². The zero-order chi connectivity index (χ0) is 22.1. The van der Waals surface area contributed by atoms with Gasteiger partial charge in [0.15, 0.2) is 0 Å². The van der Waals surface area contributed by atoms with Gasteiger partial charge in [0.05, 0.1) is 28.8 Å². The van der Waals surface area contributed by atoms with Gasteiger partial charge in [0.1, 0.15) is 19.0 Å². The summed E-state index contributed by atoms with van der Waals surface area (Å²) in [5, 5.41) is 21.8. The SMILES string of the molecule is CC1=C(N2CCC3(CCN(C[C@H](O)c4ccc(-n5cnnn5)cn4)CC3)CC2)COC1=O. The van der Waals surface area contributed by atoms with Gasteiger partial charge in [0, 0.05) is 19.6 Å². The van der Waals surface area contributed by atoms with E-state index in [1.807, 2.05) is 19.1 Å². The van der Waals surface area contributed by atoms with Gasteiger partial charge in [-0.2, -0.15) is 4.68 Å². The Labute approximate surface area is 186 Å². The lowest BCUT2D eigenvalue weighted by atomic mass is 9.71. The Bertz CT molecular complexity index is 971. The number of hydrogen-bond donors (Lipinski definition) is 1. The molecule has 10 nitrogen and oxygen atoms in total. The van der Waals surface area contributed by atoms with E-state index in [2.05, 4.69) is 30.3 Å². The number of aromatic nitrogens is 5. The molecule has 32 heavy (non-hydrogen) atoms. The summed E-state index contributed by atoms with van der Waals surface area (Å²) in [5.74, 6) is -0.174. The van der Waals surface area contributed by atoms with Crippen LogP contribution in [0.3, 0.4) is 0 Å². The van der Waals surface area contributed by atoms with Gasteiger partial charge in [0.25, 0.3) is 0 Å². The first-order valence-electron chi connectivity index (χ1n) is 11.2. The highest BCUT2D eigenvalue weighted by Crippen LogP contribution is 2.42. The standard InChI is InChI=1S/C22H29N7O3/c1-16-19(14-32-21(16)31)28-10-6-22(7-11-28)4-8-27(9-5-22)13-20(30)18-3-2-17(12-23-18)29-15-24-25-26-29/h2-3,12,15,20,30H,4-11,13-14H2,1H3/t20-/m0/s1. The van der Waals surface area contributed by atoms with E-state index in [1.54, 1.807) is 6.20 Å². The number of cyclic esters (lactones) is 1. The van der Waals surface area contributed by atoms with Crippen LogP contribution in [0.4, 0.5) is 0 Å². The third kappa shape index (κ3) is 4.12. The van der Waals surface area contributed by atoms with E-state index in [-0.39, 0.29) is 5.97 Å². The number of ether oxygens (including phenoxy) is 1. The van der Waals surface area contributed by atoms with Gasteiger partial charge in [0.2, 0.25) is 0 Å². The molecule has 1 atom stereocenters. The topological polar surface area (TPSA) is 110 Å². The summed E-state index contributed by atoms with van der Waals surface area (Å²) >= 11 is 0. The molecule has 10 heteroatoms. The van der Waals surface area contributed by atoms with Gasteiger partial charge >= 0.3 is 5.97 Å². The van der Waals surface area contributed by atoms with Crippen molar-refractivity contribution in [2.75, 3.05) is 39.3 Å². The molecule has 2 saturated heterocycles. The van der Waals surface area contributed by atoms with Crippen LogP contribution in [0.1, 0.15) is 44.4 Å².